The van der Waals surface area contributed by atoms with E-state index in [0.717, 1.165) is 12.1 Å². The molecule has 0 unspecified atom stereocenters. The van der Waals surface area contributed by atoms with Crippen molar-refractivity contribution < 1.29 is 22.4 Å². The predicted octanol–water partition coefficient (Wildman–Crippen LogP) is 4.74. The molecule has 0 atom stereocenters. The standard InChI is InChI=1S/C13H11BrF4O/c14-8-1-2-9(15)10(11(8)16)12(19)7-3-5-13(17,18)6-4-7/h1-2,7H,3-6H2. The fraction of sp³-hybridized carbons (Fsp3) is 0.462. The van der Waals surface area contributed by atoms with Gasteiger partial charge in [-0.15, -0.1) is 0 Å². The van der Waals surface area contributed by atoms with Crippen LogP contribution in [0.25, 0.3) is 0 Å². The maximum atomic E-state index is 13.8. The maximum absolute atomic E-state index is 13.8. The first-order chi connectivity index (χ1) is 8.82. The molecule has 0 heterocycles. The molecule has 19 heavy (non-hydrogen) atoms. The highest BCUT2D eigenvalue weighted by atomic mass is 79.9. The van der Waals surface area contributed by atoms with Gasteiger partial charge in [0.1, 0.15) is 5.82 Å². The molecular formula is C13H11BrF4O. The topological polar surface area (TPSA) is 17.1 Å². The number of hydrogen-bond acceptors (Lipinski definition) is 1. The maximum Gasteiger partial charge on any atom is 0.248 e. The average Bonchev–Trinajstić information content (AvgIpc) is 2.34. The van der Waals surface area contributed by atoms with Crippen LogP contribution in [0, 0.1) is 17.6 Å². The fourth-order valence-electron chi connectivity index (χ4n) is 2.26. The Balaban J connectivity index is 2.24. The van der Waals surface area contributed by atoms with Crippen molar-refractivity contribution in [2.45, 2.75) is 31.6 Å². The first-order valence-electron chi connectivity index (χ1n) is 5.87. The summed E-state index contributed by atoms with van der Waals surface area (Å²) in [5, 5.41) is 0. The van der Waals surface area contributed by atoms with Gasteiger partial charge in [0.25, 0.3) is 0 Å². The Bertz CT molecular complexity index is 506. The summed E-state index contributed by atoms with van der Waals surface area (Å²) in [6.45, 7) is 0. The van der Waals surface area contributed by atoms with Gasteiger partial charge >= 0.3 is 0 Å². The number of carbonyl (C=O) groups is 1. The van der Waals surface area contributed by atoms with E-state index in [0.29, 0.717) is 0 Å². The lowest BCUT2D eigenvalue weighted by atomic mass is 9.82. The number of carbonyl (C=O) groups excluding carboxylic acids is 1. The third-order valence-electron chi connectivity index (χ3n) is 3.38. The molecule has 1 aliphatic carbocycles. The van der Waals surface area contributed by atoms with Crippen molar-refractivity contribution in [2.75, 3.05) is 0 Å². The molecule has 0 spiro atoms. The smallest absolute Gasteiger partial charge is 0.248 e. The third kappa shape index (κ3) is 2.99. The Kier molecular flexibility index (Phi) is 3.99. The Morgan fingerprint density at radius 1 is 1.21 bits per heavy atom. The van der Waals surface area contributed by atoms with Crippen molar-refractivity contribution in [3.05, 3.63) is 33.8 Å². The molecule has 0 aromatic heterocycles. The highest BCUT2D eigenvalue weighted by Gasteiger charge is 2.38. The summed E-state index contributed by atoms with van der Waals surface area (Å²) < 4.78 is 53.3. The molecule has 1 saturated carbocycles. The molecule has 0 bridgehead atoms. The second-order valence-corrected chi connectivity index (χ2v) is 5.57. The molecule has 0 aliphatic heterocycles. The van der Waals surface area contributed by atoms with Gasteiger partial charge < -0.3 is 0 Å². The van der Waals surface area contributed by atoms with Gasteiger partial charge in [-0.2, -0.15) is 0 Å². The van der Waals surface area contributed by atoms with Gasteiger partial charge in [0.05, 0.1) is 10.0 Å². The zero-order valence-electron chi connectivity index (χ0n) is 9.86. The van der Waals surface area contributed by atoms with Gasteiger partial charge in [-0.25, -0.2) is 17.6 Å². The van der Waals surface area contributed by atoms with E-state index < -0.39 is 47.7 Å². The largest absolute Gasteiger partial charge is 0.294 e. The van der Waals surface area contributed by atoms with Crippen LogP contribution in [0.3, 0.4) is 0 Å². The van der Waals surface area contributed by atoms with Gasteiger partial charge in [0, 0.05) is 18.8 Å². The first-order valence-corrected chi connectivity index (χ1v) is 6.66. The average molecular weight is 339 g/mol. The lowest BCUT2D eigenvalue weighted by Gasteiger charge is -2.27. The lowest BCUT2D eigenvalue weighted by molar-refractivity contribution is -0.0424. The van der Waals surface area contributed by atoms with E-state index in [1.165, 1.54) is 0 Å². The zero-order chi connectivity index (χ0) is 14.2. The molecule has 1 aromatic carbocycles. The molecule has 104 valence electrons. The van der Waals surface area contributed by atoms with Gasteiger partial charge in [0.2, 0.25) is 5.92 Å². The van der Waals surface area contributed by atoms with Crippen LogP contribution in [0.4, 0.5) is 17.6 Å². The molecule has 1 aromatic rings. The van der Waals surface area contributed by atoms with E-state index in [2.05, 4.69) is 15.9 Å². The molecule has 0 saturated heterocycles. The molecule has 0 radical (unpaired) electrons. The van der Waals surface area contributed by atoms with Crippen LogP contribution >= 0.6 is 15.9 Å². The minimum atomic E-state index is -2.77. The Labute approximate surface area is 116 Å². The minimum absolute atomic E-state index is 0.0154. The summed E-state index contributed by atoms with van der Waals surface area (Å²) in [7, 11) is 0. The molecule has 2 rings (SSSR count). The van der Waals surface area contributed by atoms with E-state index in [9.17, 15) is 22.4 Å². The van der Waals surface area contributed by atoms with Crippen molar-refractivity contribution in [3.8, 4) is 0 Å². The van der Waals surface area contributed by atoms with Crippen LogP contribution in [0.2, 0.25) is 0 Å². The second-order valence-electron chi connectivity index (χ2n) is 4.71. The van der Waals surface area contributed by atoms with E-state index in [1.807, 2.05) is 0 Å². The van der Waals surface area contributed by atoms with Gasteiger partial charge in [-0.1, -0.05) is 0 Å². The summed E-state index contributed by atoms with van der Waals surface area (Å²) in [6.07, 6.45) is -0.921. The quantitative estimate of drug-likeness (QED) is 0.432. The molecule has 1 fully saturated rings. The summed E-state index contributed by atoms with van der Waals surface area (Å²) in [5.74, 6) is -6.17. The monoisotopic (exact) mass is 338 g/mol. The Morgan fingerprint density at radius 2 is 1.79 bits per heavy atom. The van der Waals surface area contributed by atoms with Crippen LogP contribution in [-0.2, 0) is 0 Å². The van der Waals surface area contributed by atoms with Crippen LogP contribution < -0.4 is 0 Å². The number of alkyl halides is 2. The summed E-state index contributed by atoms with van der Waals surface area (Å²) in [5.41, 5.74) is -0.635. The van der Waals surface area contributed by atoms with Crippen molar-refractivity contribution >= 4 is 21.7 Å². The highest BCUT2D eigenvalue weighted by molar-refractivity contribution is 9.10. The van der Waals surface area contributed by atoms with Crippen LogP contribution in [0.1, 0.15) is 36.0 Å². The lowest BCUT2D eigenvalue weighted by Crippen LogP contribution is -2.29. The van der Waals surface area contributed by atoms with E-state index in [1.54, 1.807) is 0 Å². The number of rotatable bonds is 2. The highest BCUT2D eigenvalue weighted by Crippen LogP contribution is 2.38. The molecule has 1 aliphatic rings. The third-order valence-corrected chi connectivity index (χ3v) is 3.99. The van der Waals surface area contributed by atoms with E-state index in [-0.39, 0.29) is 17.3 Å². The first kappa shape index (κ1) is 14.5. The normalized spacial score (nSPS) is 19.4. The number of benzene rings is 1. The van der Waals surface area contributed by atoms with Crippen molar-refractivity contribution in [1.29, 1.82) is 0 Å². The Hall–Kier alpha value is -0.910. The molecular weight excluding hydrogens is 328 g/mol. The molecule has 1 nitrogen and oxygen atoms in total. The number of halogens is 5. The van der Waals surface area contributed by atoms with Gasteiger partial charge in [0.15, 0.2) is 11.6 Å². The minimum Gasteiger partial charge on any atom is -0.294 e. The fourth-order valence-corrected chi connectivity index (χ4v) is 2.59. The summed E-state index contributed by atoms with van der Waals surface area (Å²) in [6, 6.07) is 2.15. The second kappa shape index (κ2) is 5.23. The van der Waals surface area contributed by atoms with Crippen molar-refractivity contribution in [2.24, 2.45) is 5.92 Å². The molecule has 6 heteroatoms. The number of Topliss-reactive ketones (excluding diaryl/α,β-unsaturated/α-hetero) is 1. The SMILES string of the molecule is O=C(c1c(F)ccc(Br)c1F)C1CCC(F)(F)CC1. The summed E-state index contributed by atoms with van der Waals surface area (Å²) >= 11 is 2.88. The van der Waals surface area contributed by atoms with Crippen LogP contribution in [0.5, 0.6) is 0 Å². The summed E-state index contributed by atoms with van der Waals surface area (Å²) in [4.78, 5) is 12.1. The van der Waals surface area contributed by atoms with Gasteiger partial charge in [-0.05, 0) is 40.9 Å². The van der Waals surface area contributed by atoms with E-state index in [4.69, 9.17) is 0 Å². The Morgan fingerprint density at radius 3 is 2.37 bits per heavy atom. The molecule has 0 amide bonds. The van der Waals surface area contributed by atoms with Crippen LogP contribution in [0.15, 0.2) is 16.6 Å². The van der Waals surface area contributed by atoms with Crippen LogP contribution in [-0.4, -0.2) is 11.7 Å². The van der Waals surface area contributed by atoms with E-state index >= 15 is 0 Å². The molecule has 0 N–H and O–H groups in total. The van der Waals surface area contributed by atoms with Crippen molar-refractivity contribution in [3.63, 3.8) is 0 Å². The van der Waals surface area contributed by atoms with Crippen molar-refractivity contribution in [1.82, 2.24) is 0 Å². The number of ketones is 1. The van der Waals surface area contributed by atoms with Gasteiger partial charge in [-0.3, -0.25) is 4.79 Å². The number of hydrogen-bond donors (Lipinski definition) is 0. The zero-order valence-corrected chi connectivity index (χ0v) is 11.4. The predicted molar refractivity (Wildman–Crippen MR) is 65.3 cm³/mol.